The molecule has 1 N–H and O–H groups in total. The molecule has 0 radical (unpaired) electrons. The number of hydrogen-bond acceptors (Lipinski definition) is 2. The van der Waals surface area contributed by atoms with E-state index in [1.807, 2.05) is 0 Å². The SMILES string of the molecule is N=c1sc#cn1CCCF. The molecule has 0 amide bonds. The first-order valence-electron chi connectivity index (χ1n) is 2.94. The third-order valence-electron chi connectivity index (χ3n) is 1.09. The van der Waals surface area contributed by atoms with Gasteiger partial charge in [0.05, 0.1) is 6.67 Å². The van der Waals surface area contributed by atoms with Crippen molar-refractivity contribution in [2.75, 3.05) is 6.67 Å². The average Bonchev–Trinajstić information content (AvgIpc) is 2.31. The van der Waals surface area contributed by atoms with Gasteiger partial charge in [0.15, 0.2) is 4.80 Å². The Morgan fingerprint density at radius 2 is 2.50 bits per heavy atom. The molecule has 4 heteroatoms. The second-order valence-corrected chi connectivity index (χ2v) is 2.61. The predicted molar refractivity (Wildman–Crippen MR) is 36.4 cm³/mol. The molecule has 0 aromatic carbocycles. The van der Waals surface area contributed by atoms with Crippen molar-refractivity contribution in [1.29, 1.82) is 5.41 Å². The Kier molecular flexibility index (Phi) is 2.46. The molecule has 2 nitrogen and oxygen atoms in total. The lowest BCUT2D eigenvalue weighted by molar-refractivity contribution is 0.444. The van der Waals surface area contributed by atoms with Crippen molar-refractivity contribution in [2.45, 2.75) is 13.0 Å². The Morgan fingerprint density at radius 3 is 3.00 bits per heavy atom. The van der Waals surface area contributed by atoms with Crippen molar-refractivity contribution in [3.63, 3.8) is 0 Å². The van der Waals surface area contributed by atoms with Crippen LogP contribution in [0.15, 0.2) is 0 Å². The highest BCUT2D eigenvalue weighted by molar-refractivity contribution is 7.05. The van der Waals surface area contributed by atoms with Crippen molar-refractivity contribution < 1.29 is 4.39 Å². The Balaban J connectivity index is 2.57. The molecular formula is C6H7FN2S. The van der Waals surface area contributed by atoms with E-state index < -0.39 is 0 Å². The van der Waals surface area contributed by atoms with Gasteiger partial charge in [0.25, 0.3) is 0 Å². The molecule has 0 unspecified atom stereocenters. The van der Waals surface area contributed by atoms with Crippen LogP contribution in [0.2, 0.25) is 0 Å². The summed E-state index contributed by atoms with van der Waals surface area (Å²) < 4.78 is 13.2. The summed E-state index contributed by atoms with van der Waals surface area (Å²) in [6, 6.07) is 0. The van der Waals surface area contributed by atoms with Crippen LogP contribution in [0.4, 0.5) is 4.39 Å². The second kappa shape index (κ2) is 3.37. The Labute approximate surface area is 62.4 Å². The van der Waals surface area contributed by atoms with E-state index in [0.717, 1.165) is 0 Å². The molecule has 1 aromatic heterocycles. The minimum Gasteiger partial charge on any atom is -0.276 e. The third-order valence-corrected chi connectivity index (χ3v) is 1.70. The molecule has 0 spiro atoms. The van der Waals surface area contributed by atoms with Crippen LogP contribution >= 0.6 is 11.3 Å². The molecule has 0 fully saturated rings. The monoisotopic (exact) mass is 158 g/mol. The standard InChI is InChI=1S/C6H7FN2S/c7-2-1-3-9-4-5-10-6(9)8/h8H,1-3H2. The first-order valence-corrected chi connectivity index (χ1v) is 3.76. The van der Waals surface area contributed by atoms with Crippen molar-refractivity contribution in [3.05, 3.63) is 16.4 Å². The van der Waals surface area contributed by atoms with E-state index in [1.54, 1.807) is 4.57 Å². The summed E-state index contributed by atoms with van der Waals surface area (Å²) in [6.45, 7) is 0.200. The first-order chi connectivity index (χ1) is 4.84. The van der Waals surface area contributed by atoms with Gasteiger partial charge in [-0.25, -0.2) is 0 Å². The van der Waals surface area contributed by atoms with E-state index in [9.17, 15) is 4.39 Å². The summed E-state index contributed by atoms with van der Waals surface area (Å²) >= 11 is 1.18. The van der Waals surface area contributed by atoms with Crippen LogP contribution in [-0.2, 0) is 6.54 Å². The van der Waals surface area contributed by atoms with Crippen molar-refractivity contribution in [3.8, 4) is 0 Å². The highest BCUT2D eigenvalue weighted by Gasteiger charge is 1.90. The van der Waals surface area contributed by atoms with E-state index in [1.165, 1.54) is 11.3 Å². The Hall–Kier alpha value is -0.820. The molecule has 0 saturated carbocycles. The maximum absolute atomic E-state index is 11.6. The molecular weight excluding hydrogens is 151 g/mol. The fraction of sp³-hybridized carbons (Fsp3) is 0.500. The largest absolute Gasteiger partial charge is 0.276 e. The smallest absolute Gasteiger partial charge is 0.198 e. The maximum atomic E-state index is 11.6. The van der Waals surface area contributed by atoms with Crippen molar-refractivity contribution in [1.82, 2.24) is 4.57 Å². The fourth-order valence-corrected chi connectivity index (χ4v) is 1.11. The summed E-state index contributed by atoms with van der Waals surface area (Å²) in [5.74, 6) is 0. The third kappa shape index (κ3) is 1.58. The van der Waals surface area contributed by atoms with E-state index in [2.05, 4.69) is 11.6 Å². The van der Waals surface area contributed by atoms with Crippen LogP contribution in [0.25, 0.3) is 0 Å². The van der Waals surface area contributed by atoms with Gasteiger partial charge < -0.3 is 0 Å². The van der Waals surface area contributed by atoms with Crippen LogP contribution in [0.1, 0.15) is 6.42 Å². The molecule has 0 bridgehead atoms. The zero-order valence-corrected chi connectivity index (χ0v) is 6.17. The highest BCUT2D eigenvalue weighted by Crippen LogP contribution is 1.86. The van der Waals surface area contributed by atoms with Gasteiger partial charge in [0.2, 0.25) is 0 Å². The number of rotatable bonds is 3. The van der Waals surface area contributed by atoms with Crippen LogP contribution in [-0.4, -0.2) is 11.2 Å². The van der Waals surface area contributed by atoms with E-state index in [4.69, 9.17) is 5.41 Å². The van der Waals surface area contributed by atoms with Gasteiger partial charge in [-0.15, -0.1) is 0 Å². The number of nitrogens with zero attached hydrogens (tertiary/aromatic N) is 1. The van der Waals surface area contributed by atoms with Gasteiger partial charge in [-0.2, -0.15) is 0 Å². The zero-order valence-electron chi connectivity index (χ0n) is 5.35. The van der Waals surface area contributed by atoms with Crippen LogP contribution in [0.5, 0.6) is 0 Å². The molecule has 0 atom stereocenters. The molecule has 0 aliphatic rings. The zero-order chi connectivity index (χ0) is 7.40. The summed E-state index contributed by atoms with van der Waals surface area (Å²) in [5.41, 5.74) is 0. The molecule has 1 aromatic rings. The predicted octanol–water partition coefficient (Wildman–Crippen LogP) is 0.989. The molecule has 0 saturated heterocycles. The lowest BCUT2D eigenvalue weighted by atomic mass is 10.5. The Morgan fingerprint density at radius 1 is 1.70 bits per heavy atom. The van der Waals surface area contributed by atoms with Crippen LogP contribution in [0.3, 0.4) is 0 Å². The number of nitrogens with one attached hydrogen (secondary N) is 1. The second-order valence-electron chi connectivity index (χ2n) is 1.82. The van der Waals surface area contributed by atoms with Gasteiger partial charge in [-0.05, 0) is 17.8 Å². The summed E-state index contributed by atoms with van der Waals surface area (Å²) in [5, 5.41) is 9.90. The van der Waals surface area contributed by atoms with Gasteiger partial charge in [-0.1, -0.05) is 0 Å². The molecule has 0 aliphatic carbocycles. The minimum absolute atomic E-state index is 0.337. The lowest BCUT2D eigenvalue weighted by Crippen LogP contribution is -2.12. The van der Waals surface area contributed by atoms with E-state index >= 15 is 0 Å². The van der Waals surface area contributed by atoms with Gasteiger partial charge in [0.1, 0.15) is 0 Å². The number of hydrogen-bond donors (Lipinski definition) is 1. The molecule has 54 valence electrons. The van der Waals surface area contributed by atoms with Gasteiger partial charge >= 0.3 is 0 Å². The van der Waals surface area contributed by atoms with Gasteiger partial charge in [0, 0.05) is 18.1 Å². The topological polar surface area (TPSA) is 28.8 Å². The number of alkyl halides is 1. The first kappa shape index (κ1) is 7.29. The molecule has 1 heterocycles. The van der Waals surface area contributed by atoms with Crippen molar-refractivity contribution >= 4 is 11.3 Å². The normalized spacial score (nSPS) is 9.30. The van der Waals surface area contributed by atoms with Crippen LogP contribution in [0, 0.1) is 17.0 Å². The quantitative estimate of drug-likeness (QED) is 0.679. The number of aromatic nitrogens is 1. The lowest BCUT2D eigenvalue weighted by Gasteiger charge is -1.93. The van der Waals surface area contributed by atoms with E-state index in [0.29, 0.717) is 17.8 Å². The van der Waals surface area contributed by atoms with Gasteiger partial charge in [-0.3, -0.25) is 14.4 Å². The maximum Gasteiger partial charge on any atom is 0.198 e. The summed E-state index contributed by atoms with van der Waals surface area (Å²) in [7, 11) is 0. The fourth-order valence-electron chi connectivity index (χ4n) is 0.607. The highest BCUT2D eigenvalue weighted by atomic mass is 32.1. The van der Waals surface area contributed by atoms with Crippen LogP contribution < -0.4 is 4.80 Å². The molecule has 1 rings (SSSR count). The van der Waals surface area contributed by atoms with E-state index in [-0.39, 0.29) is 6.67 Å². The number of halogens is 1. The minimum atomic E-state index is -0.337. The average molecular weight is 158 g/mol. The summed E-state index contributed by atoms with van der Waals surface area (Å²) in [4.78, 5) is 0.383. The molecule has 10 heavy (non-hydrogen) atoms. The molecule has 0 aliphatic heterocycles. The Bertz CT molecular complexity index is 240. The summed E-state index contributed by atoms with van der Waals surface area (Å²) in [6.07, 6.45) is 3.15. The van der Waals surface area contributed by atoms with Crippen molar-refractivity contribution in [2.24, 2.45) is 0 Å².